The average molecular weight is 176 g/mol. The molecule has 11 heavy (non-hydrogen) atoms. The maximum absolute atomic E-state index is 10.1. The molecule has 0 aromatic heterocycles. The first kappa shape index (κ1) is 10.1. The molecule has 0 heterocycles. The van der Waals surface area contributed by atoms with Crippen LogP contribution in [0.25, 0.3) is 0 Å². The molecule has 0 aromatic carbocycles. The highest BCUT2D eigenvalue weighted by molar-refractivity contribution is 7.30. The Labute approximate surface area is 64.7 Å². The zero-order valence-electron chi connectivity index (χ0n) is 5.95. The average Bonchev–Trinajstić information content (AvgIpc) is 1.86. The van der Waals surface area contributed by atoms with E-state index in [1.165, 1.54) is 0 Å². The zero-order valence-corrected chi connectivity index (χ0v) is 6.84. The maximum atomic E-state index is 10.1. The lowest BCUT2D eigenvalue weighted by Crippen LogP contribution is -1.98. The number of hydrogen-bond acceptors (Lipinski definition) is 3. The Morgan fingerprint density at radius 3 is 2.36 bits per heavy atom. The van der Waals surface area contributed by atoms with Gasteiger partial charge in [-0.3, -0.25) is 0 Å². The minimum Gasteiger partial charge on any atom is -0.478 e. The number of carboxylic acid groups (broad SMARTS) is 1. The monoisotopic (exact) mass is 176 g/mol. The number of carbonyl (C=O) groups is 1. The van der Waals surface area contributed by atoms with Crippen LogP contribution in [0.5, 0.6) is 0 Å². The normalized spacial score (nSPS) is 9.09. The summed E-state index contributed by atoms with van der Waals surface area (Å²) in [6, 6.07) is 0. The van der Waals surface area contributed by atoms with Crippen molar-refractivity contribution in [3.8, 4) is 0 Å². The van der Waals surface area contributed by atoms with Crippen molar-refractivity contribution in [3.63, 3.8) is 0 Å². The molecule has 0 saturated heterocycles. The molecule has 0 rings (SSSR count). The summed E-state index contributed by atoms with van der Waals surface area (Å²) in [5.74, 6) is -1.06. The number of aliphatic carboxylic acids is 1. The second-order valence-electron chi connectivity index (χ2n) is 2.07. The largest absolute Gasteiger partial charge is 0.478 e. The molecular formula is C6H9O4P. The summed E-state index contributed by atoms with van der Waals surface area (Å²) >= 11 is 0. The molecule has 0 fully saturated rings. The summed E-state index contributed by atoms with van der Waals surface area (Å²) in [7, 11) is -2.38. The summed E-state index contributed by atoms with van der Waals surface area (Å²) in [6.07, 6.45) is 0.601. The summed E-state index contributed by atoms with van der Waals surface area (Å²) in [5.41, 5.74) is 0.0573. The smallest absolute Gasteiger partial charge is 0.330 e. The molecule has 4 nitrogen and oxygen atoms in total. The molecular weight excluding hydrogens is 167 g/mol. The Balaban J connectivity index is 3.55. The second kappa shape index (κ2) is 4.85. The van der Waals surface area contributed by atoms with Crippen molar-refractivity contribution in [1.82, 2.24) is 0 Å². The second-order valence-corrected chi connectivity index (χ2v) is 3.18. The Morgan fingerprint density at radius 1 is 1.45 bits per heavy atom. The summed E-state index contributed by atoms with van der Waals surface area (Å²) in [4.78, 5) is 10.1. The summed E-state index contributed by atoms with van der Waals surface area (Å²) in [5, 5.41) is 8.30. The zero-order chi connectivity index (χ0) is 8.85. The third-order valence-corrected chi connectivity index (χ3v) is 1.80. The van der Waals surface area contributed by atoms with Crippen molar-refractivity contribution in [2.45, 2.75) is 12.8 Å². The van der Waals surface area contributed by atoms with Crippen LogP contribution >= 0.6 is 7.68 Å². The van der Waals surface area contributed by atoms with Gasteiger partial charge in [-0.05, 0) is 12.8 Å². The third kappa shape index (κ3) is 5.55. The van der Waals surface area contributed by atoms with Crippen molar-refractivity contribution in [3.05, 3.63) is 12.2 Å². The molecule has 0 radical (unpaired) electrons. The van der Waals surface area contributed by atoms with Gasteiger partial charge in [0.2, 0.25) is 0 Å². The van der Waals surface area contributed by atoms with E-state index in [1.807, 2.05) is 0 Å². The molecule has 0 spiro atoms. The molecule has 0 unspecified atom stereocenters. The highest BCUT2D eigenvalue weighted by atomic mass is 31.1. The molecule has 0 aliphatic carbocycles. The SMILES string of the molecule is C=C(CCCP(=O)=O)C(=O)O. The van der Waals surface area contributed by atoms with Gasteiger partial charge in [-0.15, -0.1) is 0 Å². The molecule has 0 aliphatic rings. The fourth-order valence-corrected chi connectivity index (χ4v) is 0.945. The van der Waals surface area contributed by atoms with Crippen molar-refractivity contribution < 1.29 is 19.0 Å². The van der Waals surface area contributed by atoms with Crippen LogP contribution < -0.4 is 0 Å². The maximum Gasteiger partial charge on any atom is 0.330 e. The van der Waals surface area contributed by atoms with E-state index in [9.17, 15) is 13.9 Å². The van der Waals surface area contributed by atoms with Crippen LogP contribution in [0.4, 0.5) is 0 Å². The Morgan fingerprint density at radius 2 is 2.00 bits per heavy atom. The highest BCUT2D eigenvalue weighted by Crippen LogP contribution is 2.10. The van der Waals surface area contributed by atoms with E-state index in [0.29, 0.717) is 6.42 Å². The highest BCUT2D eigenvalue weighted by Gasteiger charge is 2.03. The van der Waals surface area contributed by atoms with Crippen LogP contribution in [0.1, 0.15) is 12.8 Å². The molecule has 0 amide bonds. The van der Waals surface area contributed by atoms with E-state index in [1.54, 1.807) is 0 Å². The van der Waals surface area contributed by atoms with Crippen LogP contribution in [0.15, 0.2) is 12.2 Å². The van der Waals surface area contributed by atoms with Gasteiger partial charge >= 0.3 is 13.6 Å². The summed E-state index contributed by atoms with van der Waals surface area (Å²) in [6.45, 7) is 3.25. The molecule has 62 valence electrons. The van der Waals surface area contributed by atoms with E-state index in [-0.39, 0.29) is 18.2 Å². The number of carboxylic acids is 1. The van der Waals surface area contributed by atoms with E-state index < -0.39 is 13.6 Å². The first-order valence-electron chi connectivity index (χ1n) is 3.07. The Hall–Kier alpha value is -0.890. The fourth-order valence-electron chi connectivity index (χ4n) is 0.528. The van der Waals surface area contributed by atoms with Gasteiger partial charge in [-0.25, -0.2) is 13.9 Å². The predicted molar refractivity (Wildman–Crippen MR) is 39.2 cm³/mol. The molecule has 5 heteroatoms. The van der Waals surface area contributed by atoms with Gasteiger partial charge in [0.1, 0.15) is 0 Å². The molecule has 0 bridgehead atoms. The lowest BCUT2D eigenvalue weighted by molar-refractivity contribution is -0.132. The molecule has 0 saturated carbocycles. The van der Waals surface area contributed by atoms with Crippen LogP contribution in [0, 0.1) is 0 Å². The van der Waals surface area contributed by atoms with Gasteiger partial charge in [0.05, 0.1) is 6.16 Å². The van der Waals surface area contributed by atoms with Gasteiger partial charge in [0.25, 0.3) is 0 Å². The number of hydrogen-bond donors (Lipinski definition) is 1. The molecule has 0 atom stereocenters. The van der Waals surface area contributed by atoms with Crippen LogP contribution in [0.2, 0.25) is 0 Å². The first-order chi connectivity index (χ1) is 5.04. The molecule has 0 aliphatic heterocycles. The fraction of sp³-hybridized carbons (Fsp3) is 0.500. The minimum absolute atomic E-state index is 0.0294. The lowest BCUT2D eigenvalue weighted by Gasteiger charge is -1.94. The quantitative estimate of drug-likeness (QED) is 0.509. The van der Waals surface area contributed by atoms with Gasteiger partial charge in [-0.1, -0.05) is 6.58 Å². The first-order valence-corrected chi connectivity index (χ1v) is 4.43. The van der Waals surface area contributed by atoms with Gasteiger partial charge in [-0.2, -0.15) is 0 Å². The van der Waals surface area contributed by atoms with Crippen molar-refractivity contribution in [2.75, 3.05) is 6.16 Å². The van der Waals surface area contributed by atoms with E-state index in [2.05, 4.69) is 6.58 Å². The van der Waals surface area contributed by atoms with Crippen molar-refractivity contribution in [2.24, 2.45) is 0 Å². The van der Waals surface area contributed by atoms with E-state index in [0.717, 1.165) is 0 Å². The van der Waals surface area contributed by atoms with Crippen LogP contribution in [0.3, 0.4) is 0 Å². The predicted octanol–water partition coefficient (Wildman–Crippen LogP) is 1.58. The topological polar surface area (TPSA) is 71.4 Å². The summed E-state index contributed by atoms with van der Waals surface area (Å²) < 4.78 is 20.0. The van der Waals surface area contributed by atoms with Gasteiger partial charge in [0, 0.05) is 5.57 Å². The van der Waals surface area contributed by atoms with E-state index >= 15 is 0 Å². The third-order valence-electron chi connectivity index (χ3n) is 1.12. The van der Waals surface area contributed by atoms with Crippen molar-refractivity contribution in [1.29, 1.82) is 0 Å². The van der Waals surface area contributed by atoms with Gasteiger partial charge in [0.15, 0.2) is 0 Å². The standard InChI is InChI=1S/C6H9O4P/c1-5(6(7)8)3-2-4-11(9)10/h1-4H2,(H,7,8). The minimum atomic E-state index is -2.38. The van der Waals surface area contributed by atoms with Gasteiger partial charge < -0.3 is 5.11 Å². The van der Waals surface area contributed by atoms with Crippen LogP contribution in [-0.2, 0) is 13.9 Å². The lowest BCUT2D eigenvalue weighted by atomic mass is 10.2. The number of rotatable bonds is 5. The van der Waals surface area contributed by atoms with Crippen LogP contribution in [-0.4, -0.2) is 17.2 Å². The van der Waals surface area contributed by atoms with E-state index in [4.69, 9.17) is 5.11 Å². The molecule has 0 aromatic rings. The molecule has 1 N–H and O–H groups in total. The van der Waals surface area contributed by atoms with Crippen molar-refractivity contribution >= 4 is 13.6 Å². The Kier molecular flexibility index (Phi) is 4.46. The Bertz CT molecular complexity index is 221.